The molecule has 0 radical (unpaired) electrons. The number of amides is 1. The van der Waals surface area contributed by atoms with E-state index in [9.17, 15) is 18.0 Å². The monoisotopic (exact) mass is 495 g/mol. The van der Waals surface area contributed by atoms with Crippen LogP contribution in [0, 0.1) is 5.41 Å². The maximum atomic E-state index is 13.3. The summed E-state index contributed by atoms with van der Waals surface area (Å²) in [6, 6.07) is 2.49. The Morgan fingerprint density at radius 3 is 2.68 bits per heavy atom. The van der Waals surface area contributed by atoms with E-state index in [0.29, 0.717) is 37.4 Å². The fourth-order valence-corrected chi connectivity index (χ4v) is 4.86. The minimum Gasteiger partial charge on any atom is -0.383 e. The summed E-state index contributed by atoms with van der Waals surface area (Å²) in [6.07, 6.45) is 0.796. The second-order valence-corrected chi connectivity index (χ2v) is 8.92. The Bertz CT molecular complexity index is 1080. The first-order chi connectivity index (χ1) is 16.2. The minimum atomic E-state index is -4.53. The number of aromatic nitrogens is 2. The second kappa shape index (κ2) is 9.65. The molecule has 2 aromatic rings. The molecule has 2 saturated heterocycles. The Hall–Kier alpha value is -3.08. The standard InChI is InChI=1S/C22H25ClF3N7O/c23-14-7-13(22(24,25)26)8-15(9-14)31-18-4-2-6-33(21(18)34)16-3-1-5-32(11-16)20-17(10-27)19(28)29-12-30-20/h7-10,12,16,18,27,31H,1-6,11H2,(H2,28,29,30). The molecule has 1 aromatic heterocycles. The largest absolute Gasteiger partial charge is 0.416 e. The van der Waals surface area contributed by atoms with Crippen molar-refractivity contribution in [3.8, 4) is 0 Å². The van der Waals surface area contributed by atoms with Gasteiger partial charge in [0.2, 0.25) is 5.91 Å². The molecule has 12 heteroatoms. The molecular formula is C22H25ClF3N7O. The molecule has 4 rings (SSSR count). The number of carbonyl (C=O) groups excluding carboxylic acids is 1. The zero-order valence-corrected chi connectivity index (χ0v) is 19.0. The third kappa shape index (κ3) is 5.03. The molecular weight excluding hydrogens is 471 g/mol. The topological polar surface area (TPSA) is 111 Å². The van der Waals surface area contributed by atoms with Crippen LogP contribution < -0.4 is 16.0 Å². The maximum absolute atomic E-state index is 13.3. The predicted octanol–water partition coefficient (Wildman–Crippen LogP) is 3.80. The number of nitrogens with zero attached hydrogens (tertiary/aromatic N) is 4. The Kier molecular flexibility index (Phi) is 6.83. The van der Waals surface area contributed by atoms with Crippen LogP contribution in [0.15, 0.2) is 24.5 Å². The van der Waals surface area contributed by atoms with E-state index in [0.717, 1.165) is 37.6 Å². The van der Waals surface area contributed by atoms with Gasteiger partial charge in [-0.15, -0.1) is 0 Å². The van der Waals surface area contributed by atoms with Crippen molar-refractivity contribution in [2.24, 2.45) is 0 Å². The molecule has 8 nitrogen and oxygen atoms in total. The highest BCUT2D eigenvalue weighted by atomic mass is 35.5. The van der Waals surface area contributed by atoms with Crippen LogP contribution in [0.1, 0.15) is 36.8 Å². The van der Waals surface area contributed by atoms with Crippen LogP contribution in [0.2, 0.25) is 5.02 Å². The van der Waals surface area contributed by atoms with E-state index < -0.39 is 17.8 Å². The van der Waals surface area contributed by atoms with Gasteiger partial charge in [0, 0.05) is 42.6 Å². The van der Waals surface area contributed by atoms with E-state index in [1.54, 1.807) is 4.90 Å². The van der Waals surface area contributed by atoms with Crippen LogP contribution in [0.25, 0.3) is 0 Å². The van der Waals surface area contributed by atoms with Gasteiger partial charge in [-0.1, -0.05) is 11.6 Å². The summed E-state index contributed by atoms with van der Waals surface area (Å²) in [5.74, 6) is 0.631. The average molecular weight is 496 g/mol. The number of hydrogen-bond donors (Lipinski definition) is 3. The van der Waals surface area contributed by atoms with Crippen LogP contribution >= 0.6 is 11.6 Å². The number of benzene rings is 1. The van der Waals surface area contributed by atoms with E-state index in [1.165, 1.54) is 12.4 Å². The van der Waals surface area contributed by atoms with Crippen LogP contribution in [-0.4, -0.2) is 58.7 Å². The molecule has 182 valence electrons. The van der Waals surface area contributed by atoms with E-state index in [2.05, 4.69) is 15.3 Å². The minimum absolute atomic E-state index is 0.0495. The molecule has 2 atom stereocenters. The molecule has 1 aromatic carbocycles. The summed E-state index contributed by atoms with van der Waals surface area (Å²) in [5.41, 5.74) is 5.64. The molecule has 2 aliphatic rings. The van der Waals surface area contributed by atoms with Crippen LogP contribution in [0.4, 0.5) is 30.5 Å². The molecule has 2 fully saturated rings. The van der Waals surface area contributed by atoms with Gasteiger partial charge in [0.25, 0.3) is 0 Å². The lowest BCUT2D eigenvalue weighted by molar-refractivity contribution is -0.137. The van der Waals surface area contributed by atoms with Gasteiger partial charge < -0.3 is 26.3 Å². The van der Waals surface area contributed by atoms with E-state index in [-0.39, 0.29) is 28.5 Å². The lowest BCUT2D eigenvalue weighted by Crippen LogP contribution is -2.56. The highest BCUT2D eigenvalue weighted by Gasteiger charge is 2.36. The van der Waals surface area contributed by atoms with Gasteiger partial charge in [0.1, 0.15) is 24.0 Å². The highest BCUT2D eigenvalue weighted by Crippen LogP contribution is 2.34. The summed E-state index contributed by atoms with van der Waals surface area (Å²) in [5, 5.41) is 10.6. The van der Waals surface area contributed by atoms with Gasteiger partial charge in [-0.2, -0.15) is 13.2 Å². The van der Waals surface area contributed by atoms with Gasteiger partial charge >= 0.3 is 6.18 Å². The number of alkyl halides is 3. The van der Waals surface area contributed by atoms with Crippen LogP contribution in [-0.2, 0) is 11.0 Å². The van der Waals surface area contributed by atoms with Crippen LogP contribution in [0.5, 0.6) is 0 Å². The van der Waals surface area contributed by atoms with Gasteiger partial charge in [0.05, 0.1) is 11.1 Å². The first kappa shape index (κ1) is 24.1. The fraction of sp³-hybridized carbons (Fsp3) is 0.455. The van der Waals surface area contributed by atoms with Crippen LogP contribution in [0.3, 0.4) is 0 Å². The number of carbonyl (C=O) groups is 1. The number of nitrogens with two attached hydrogens (primary N) is 1. The van der Waals surface area contributed by atoms with Crippen molar-refractivity contribution in [1.82, 2.24) is 14.9 Å². The fourth-order valence-electron chi connectivity index (χ4n) is 4.63. The zero-order valence-electron chi connectivity index (χ0n) is 18.3. The normalized spacial score (nSPS) is 21.5. The average Bonchev–Trinajstić information content (AvgIpc) is 2.79. The molecule has 34 heavy (non-hydrogen) atoms. The quantitative estimate of drug-likeness (QED) is 0.544. The Labute approximate surface area is 199 Å². The molecule has 0 bridgehead atoms. The predicted molar refractivity (Wildman–Crippen MR) is 124 cm³/mol. The molecule has 2 aliphatic heterocycles. The molecule has 4 N–H and O–H groups in total. The molecule has 0 saturated carbocycles. The van der Waals surface area contributed by atoms with Crippen molar-refractivity contribution in [3.63, 3.8) is 0 Å². The summed E-state index contributed by atoms with van der Waals surface area (Å²) >= 11 is 5.89. The first-order valence-corrected chi connectivity index (χ1v) is 11.4. The SMILES string of the molecule is N=Cc1c(N)ncnc1N1CCCC(N2CCCC(Nc3cc(Cl)cc(C(F)(F)F)c3)C2=O)C1. The Morgan fingerprint density at radius 1 is 1.18 bits per heavy atom. The number of rotatable bonds is 5. The van der Waals surface area contributed by atoms with Gasteiger partial charge in [-0.05, 0) is 43.9 Å². The second-order valence-electron chi connectivity index (χ2n) is 8.48. The number of piperidine rings is 2. The van der Waals surface area contributed by atoms with E-state index in [4.69, 9.17) is 22.7 Å². The smallest absolute Gasteiger partial charge is 0.383 e. The van der Waals surface area contributed by atoms with Gasteiger partial charge in [-0.3, -0.25) is 4.79 Å². The van der Waals surface area contributed by atoms with E-state index in [1.807, 2.05) is 4.90 Å². The van der Waals surface area contributed by atoms with Crippen molar-refractivity contribution in [2.45, 2.75) is 43.9 Å². The van der Waals surface area contributed by atoms with Crippen molar-refractivity contribution in [1.29, 1.82) is 5.41 Å². The zero-order chi connectivity index (χ0) is 24.5. The Balaban J connectivity index is 1.50. The number of likely N-dealkylation sites (tertiary alicyclic amines) is 1. The third-order valence-corrected chi connectivity index (χ3v) is 6.43. The van der Waals surface area contributed by atoms with Gasteiger partial charge in [-0.25, -0.2) is 9.97 Å². The first-order valence-electron chi connectivity index (χ1n) is 11.0. The van der Waals surface area contributed by atoms with Crippen molar-refractivity contribution in [2.75, 3.05) is 35.6 Å². The van der Waals surface area contributed by atoms with Crippen molar-refractivity contribution in [3.05, 3.63) is 40.7 Å². The molecule has 0 aliphatic carbocycles. The lowest BCUT2D eigenvalue weighted by atomic mass is 9.97. The summed E-state index contributed by atoms with van der Waals surface area (Å²) < 4.78 is 39.5. The number of nitrogen functional groups attached to an aromatic ring is 1. The van der Waals surface area contributed by atoms with Crippen molar-refractivity contribution < 1.29 is 18.0 Å². The number of halogens is 4. The summed E-state index contributed by atoms with van der Waals surface area (Å²) in [4.78, 5) is 25.4. The molecule has 3 heterocycles. The third-order valence-electron chi connectivity index (χ3n) is 6.21. The molecule has 2 unspecified atom stereocenters. The number of hydrogen-bond acceptors (Lipinski definition) is 7. The maximum Gasteiger partial charge on any atom is 0.416 e. The van der Waals surface area contributed by atoms with Crippen molar-refractivity contribution >= 4 is 41.0 Å². The Morgan fingerprint density at radius 2 is 1.94 bits per heavy atom. The number of nitrogens with one attached hydrogen (secondary N) is 2. The molecule has 1 amide bonds. The summed E-state index contributed by atoms with van der Waals surface area (Å²) in [6.45, 7) is 1.80. The molecule has 0 spiro atoms. The van der Waals surface area contributed by atoms with E-state index >= 15 is 0 Å². The van der Waals surface area contributed by atoms with Gasteiger partial charge in [0.15, 0.2) is 0 Å². The highest BCUT2D eigenvalue weighted by molar-refractivity contribution is 6.31. The summed E-state index contributed by atoms with van der Waals surface area (Å²) in [7, 11) is 0. The lowest BCUT2D eigenvalue weighted by Gasteiger charge is -2.43. The number of anilines is 3.